The zero-order chi connectivity index (χ0) is 23.4. The number of hydrogen-bond donors (Lipinski definition) is 2. The Morgan fingerprint density at radius 2 is 1.79 bits per heavy atom. The second-order valence-electron chi connectivity index (χ2n) is 10.6. The van der Waals surface area contributed by atoms with Crippen LogP contribution in [0.1, 0.15) is 69.0 Å². The number of benzene rings is 2. The highest BCUT2D eigenvalue weighted by Crippen LogP contribution is 2.46. The molecule has 34 heavy (non-hydrogen) atoms. The van der Waals surface area contributed by atoms with Crippen LogP contribution in [-0.2, 0) is 4.79 Å². The maximum absolute atomic E-state index is 13.9. The van der Waals surface area contributed by atoms with E-state index in [0.717, 1.165) is 38.9 Å². The lowest BCUT2D eigenvalue weighted by Gasteiger charge is -2.43. The number of carbonyl (C=O) groups excluding carboxylic acids is 1. The summed E-state index contributed by atoms with van der Waals surface area (Å²) in [7, 11) is 0. The lowest BCUT2D eigenvalue weighted by Crippen LogP contribution is -2.49. The molecule has 1 saturated heterocycles. The number of rotatable bonds is 6. The van der Waals surface area contributed by atoms with E-state index in [0.29, 0.717) is 6.54 Å². The van der Waals surface area contributed by atoms with Crippen molar-refractivity contribution in [3.05, 3.63) is 71.3 Å². The molecule has 1 aliphatic carbocycles. The third-order valence-corrected chi connectivity index (χ3v) is 8.43. The van der Waals surface area contributed by atoms with Gasteiger partial charge in [-0.1, -0.05) is 80.8 Å². The highest BCUT2D eigenvalue weighted by Gasteiger charge is 2.44. The number of carbonyl (C=O) groups is 1. The Balaban J connectivity index is 1.34. The molecule has 0 spiro atoms. The summed E-state index contributed by atoms with van der Waals surface area (Å²) >= 11 is 0. The summed E-state index contributed by atoms with van der Waals surface area (Å²) in [6.45, 7) is 5.97. The molecule has 3 unspecified atom stereocenters. The van der Waals surface area contributed by atoms with E-state index in [9.17, 15) is 4.79 Å². The van der Waals surface area contributed by atoms with Gasteiger partial charge in [-0.2, -0.15) is 0 Å². The van der Waals surface area contributed by atoms with Gasteiger partial charge < -0.3 is 10.6 Å². The van der Waals surface area contributed by atoms with Crippen LogP contribution in [0.15, 0.2) is 60.2 Å². The van der Waals surface area contributed by atoms with Gasteiger partial charge in [-0.3, -0.25) is 9.69 Å². The molecule has 3 atom stereocenters. The highest BCUT2D eigenvalue weighted by atomic mass is 16.2. The molecule has 1 amide bonds. The third kappa shape index (κ3) is 4.79. The van der Waals surface area contributed by atoms with Gasteiger partial charge in [0.1, 0.15) is 0 Å². The van der Waals surface area contributed by atoms with Crippen LogP contribution in [0.25, 0.3) is 6.08 Å². The first-order valence-electron chi connectivity index (χ1n) is 13.3. The van der Waals surface area contributed by atoms with Crippen molar-refractivity contribution < 1.29 is 4.79 Å². The second-order valence-corrected chi connectivity index (χ2v) is 10.6. The Kier molecular flexibility index (Phi) is 7.05. The van der Waals surface area contributed by atoms with E-state index in [4.69, 9.17) is 0 Å². The van der Waals surface area contributed by atoms with Crippen LogP contribution in [0, 0.1) is 11.3 Å². The molecule has 2 aromatic carbocycles. The van der Waals surface area contributed by atoms with E-state index in [1.54, 1.807) is 0 Å². The molecule has 180 valence electrons. The van der Waals surface area contributed by atoms with Gasteiger partial charge in [-0.05, 0) is 67.5 Å². The number of piperidine rings is 1. The molecule has 2 aromatic rings. The van der Waals surface area contributed by atoms with Crippen LogP contribution in [-0.4, -0.2) is 37.0 Å². The predicted octanol–water partition coefficient (Wildman–Crippen LogP) is 6.04. The van der Waals surface area contributed by atoms with Crippen molar-refractivity contribution in [2.75, 3.05) is 31.5 Å². The monoisotopic (exact) mass is 457 g/mol. The van der Waals surface area contributed by atoms with Crippen molar-refractivity contribution >= 4 is 17.7 Å². The SMILES string of the molecule is CC1(C(=O)NCC(c2ccccc2)N2CCCCC2)CCCCC1C1=Cc2ccccc2NC1. The lowest BCUT2D eigenvalue weighted by molar-refractivity contribution is -0.134. The summed E-state index contributed by atoms with van der Waals surface area (Å²) < 4.78 is 0. The summed E-state index contributed by atoms with van der Waals surface area (Å²) in [5.41, 5.74) is 4.77. The Bertz CT molecular complexity index is 1010. The first-order valence-corrected chi connectivity index (χ1v) is 13.3. The van der Waals surface area contributed by atoms with Crippen LogP contribution < -0.4 is 10.6 Å². The fraction of sp³-hybridized carbons (Fsp3) is 0.500. The molecular weight excluding hydrogens is 418 g/mol. The number of nitrogens with one attached hydrogen (secondary N) is 2. The van der Waals surface area contributed by atoms with Crippen molar-refractivity contribution in [1.82, 2.24) is 10.2 Å². The van der Waals surface area contributed by atoms with Gasteiger partial charge in [0.15, 0.2) is 0 Å². The lowest BCUT2D eigenvalue weighted by atomic mass is 9.63. The van der Waals surface area contributed by atoms with Gasteiger partial charge >= 0.3 is 0 Å². The number of para-hydroxylation sites is 1. The Labute approximate surface area is 204 Å². The maximum atomic E-state index is 13.9. The molecule has 3 aliphatic rings. The number of fused-ring (bicyclic) bond motifs is 1. The number of hydrogen-bond acceptors (Lipinski definition) is 3. The molecular formula is C30H39N3O. The Morgan fingerprint density at radius 1 is 1.03 bits per heavy atom. The van der Waals surface area contributed by atoms with Gasteiger partial charge in [-0.25, -0.2) is 0 Å². The van der Waals surface area contributed by atoms with Crippen molar-refractivity contribution in [2.24, 2.45) is 11.3 Å². The van der Waals surface area contributed by atoms with Crippen molar-refractivity contribution in [3.63, 3.8) is 0 Å². The smallest absolute Gasteiger partial charge is 0.226 e. The molecule has 0 bridgehead atoms. The molecule has 0 aromatic heterocycles. The summed E-state index contributed by atoms with van der Waals surface area (Å²) in [6, 6.07) is 19.5. The first kappa shape index (κ1) is 23.2. The summed E-state index contributed by atoms with van der Waals surface area (Å²) in [5, 5.41) is 7.04. The summed E-state index contributed by atoms with van der Waals surface area (Å²) in [4.78, 5) is 16.4. The van der Waals surface area contributed by atoms with E-state index in [2.05, 4.69) is 83.1 Å². The topological polar surface area (TPSA) is 44.4 Å². The van der Waals surface area contributed by atoms with Gasteiger partial charge in [0.2, 0.25) is 5.91 Å². The average molecular weight is 458 g/mol. The quantitative estimate of drug-likeness (QED) is 0.556. The van der Waals surface area contributed by atoms with Crippen LogP contribution in [0.2, 0.25) is 0 Å². The van der Waals surface area contributed by atoms with Crippen LogP contribution in [0.4, 0.5) is 5.69 Å². The molecule has 1 saturated carbocycles. The summed E-state index contributed by atoms with van der Waals surface area (Å²) in [6.07, 6.45) is 10.5. The average Bonchev–Trinajstić information content (AvgIpc) is 2.90. The summed E-state index contributed by atoms with van der Waals surface area (Å²) in [5.74, 6) is 0.516. The molecule has 4 nitrogen and oxygen atoms in total. The van der Waals surface area contributed by atoms with E-state index >= 15 is 0 Å². The molecule has 2 N–H and O–H groups in total. The van der Waals surface area contributed by atoms with E-state index < -0.39 is 0 Å². The third-order valence-electron chi connectivity index (χ3n) is 8.43. The van der Waals surface area contributed by atoms with Crippen LogP contribution >= 0.6 is 0 Å². The fourth-order valence-corrected chi connectivity index (χ4v) is 6.41. The second kappa shape index (κ2) is 10.4. The number of anilines is 1. The van der Waals surface area contributed by atoms with E-state index in [1.807, 2.05) is 0 Å². The van der Waals surface area contributed by atoms with Crippen LogP contribution in [0.3, 0.4) is 0 Å². The largest absolute Gasteiger partial charge is 0.381 e. The van der Waals surface area contributed by atoms with E-state index in [-0.39, 0.29) is 23.3 Å². The van der Waals surface area contributed by atoms with Gasteiger partial charge in [0.25, 0.3) is 0 Å². The minimum absolute atomic E-state index is 0.231. The van der Waals surface area contributed by atoms with E-state index in [1.165, 1.54) is 48.1 Å². The van der Waals surface area contributed by atoms with Gasteiger partial charge in [-0.15, -0.1) is 0 Å². The van der Waals surface area contributed by atoms with Gasteiger partial charge in [0.05, 0.1) is 11.5 Å². The molecule has 5 rings (SSSR count). The number of amides is 1. The normalized spacial score (nSPS) is 26.0. The molecule has 2 fully saturated rings. The number of nitrogens with zero attached hydrogens (tertiary/aromatic N) is 1. The standard InChI is InChI=1S/C30H39N3O/c1-30(17-9-8-15-26(30)25-20-24-14-6-7-16-27(24)31-21-25)29(34)32-22-28(23-12-4-2-5-13-23)33-18-10-3-11-19-33/h2,4-7,12-14,16,20,26,28,31H,3,8-11,15,17-19,21-22H2,1H3,(H,32,34). The first-order chi connectivity index (χ1) is 16.6. The number of likely N-dealkylation sites (tertiary alicyclic amines) is 1. The minimum atomic E-state index is -0.360. The molecule has 4 heteroatoms. The van der Waals surface area contributed by atoms with Crippen molar-refractivity contribution in [2.45, 2.75) is 57.9 Å². The van der Waals surface area contributed by atoms with Gasteiger partial charge in [0, 0.05) is 18.8 Å². The van der Waals surface area contributed by atoms with Crippen molar-refractivity contribution in [1.29, 1.82) is 0 Å². The predicted molar refractivity (Wildman–Crippen MR) is 141 cm³/mol. The zero-order valence-corrected chi connectivity index (χ0v) is 20.6. The minimum Gasteiger partial charge on any atom is -0.381 e. The fourth-order valence-electron chi connectivity index (χ4n) is 6.41. The zero-order valence-electron chi connectivity index (χ0n) is 20.6. The Morgan fingerprint density at radius 3 is 2.62 bits per heavy atom. The molecule has 0 radical (unpaired) electrons. The maximum Gasteiger partial charge on any atom is 0.226 e. The molecule has 2 aliphatic heterocycles. The van der Waals surface area contributed by atoms with Crippen LogP contribution in [0.5, 0.6) is 0 Å². The van der Waals surface area contributed by atoms with Crippen molar-refractivity contribution in [3.8, 4) is 0 Å². The highest BCUT2D eigenvalue weighted by molar-refractivity contribution is 5.84. The molecule has 2 heterocycles. The Hall–Kier alpha value is -2.59.